The van der Waals surface area contributed by atoms with Gasteiger partial charge in [-0.3, -0.25) is 9.59 Å². The van der Waals surface area contributed by atoms with Crippen LogP contribution in [0, 0.1) is 18.6 Å². The molecule has 0 radical (unpaired) electrons. The first-order valence-corrected chi connectivity index (χ1v) is 10.5. The van der Waals surface area contributed by atoms with Crippen LogP contribution in [0.5, 0.6) is 5.75 Å². The molecule has 0 spiro atoms. The summed E-state index contributed by atoms with van der Waals surface area (Å²) in [5, 5.41) is 2.50. The van der Waals surface area contributed by atoms with E-state index in [2.05, 4.69) is 5.32 Å². The lowest BCUT2D eigenvalue weighted by Gasteiger charge is -2.31. The van der Waals surface area contributed by atoms with Crippen molar-refractivity contribution in [3.63, 3.8) is 0 Å². The predicted molar refractivity (Wildman–Crippen MR) is 124 cm³/mol. The number of ether oxygens (including phenoxy) is 1. The highest BCUT2D eigenvalue weighted by molar-refractivity contribution is 6.05. The molecule has 0 saturated heterocycles. The van der Waals surface area contributed by atoms with E-state index in [1.54, 1.807) is 18.2 Å². The van der Waals surface area contributed by atoms with E-state index in [1.165, 1.54) is 0 Å². The number of Topliss-reactive ketones (excluding diaryl/α,β-unsaturated/α-hetero) is 1. The Kier molecular flexibility index (Phi) is 5.62. The molecule has 0 aliphatic carbocycles. The number of anilines is 1. The van der Waals surface area contributed by atoms with Crippen molar-refractivity contribution in [2.24, 2.45) is 0 Å². The van der Waals surface area contributed by atoms with E-state index in [4.69, 9.17) is 4.74 Å². The molecule has 0 unspecified atom stereocenters. The van der Waals surface area contributed by atoms with Crippen molar-refractivity contribution in [3.05, 3.63) is 100 Å². The molecule has 3 aromatic rings. The summed E-state index contributed by atoms with van der Waals surface area (Å²) in [6.45, 7) is 7.00. The van der Waals surface area contributed by atoms with Crippen molar-refractivity contribution in [2.75, 3.05) is 5.32 Å². The zero-order valence-corrected chi connectivity index (χ0v) is 18.8. The minimum Gasteiger partial charge on any atom is -0.483 e. The maximum Gasteiger partial charge on any atom is 0.255 e. The summed E-state index contributed by atoms with van der Waals surface area (Å²) in [6, 6.07) is 14.9. The van der Waals surface area contributed by atoms with Crippen LogP contribution in [-0.2, 0) is 0 Å². The van der Waals surface area contributed by atoms with Crippen molar-refractivity contribution in [3.8, 4) is 5.75 Å². The summed E-state index contributed by atoms with van der Waals surface area (Å²) in [5.41, 5.74) is 2.85. The van der Waals surface area contributed by atoms with Gasteiger partial charge in [-0.15, -0.1) is 0 Å². The van der Waals surface area contributed by atoms with Crippen molar-refractivity contribution in [2.45, 2.75) is 33.3 Å². The Morgan fingerprint density at radius 1 is 0.939 bits per heavy atom. The van der Waals surface area contributed by atoms with Gasteiger partial charge in [0.25, 0.3) is 5.91 Å². The summed E-state index contributed by atoms with van der Waals surface area (Å²) in [6.07, 6.45) is 2.01. The van der Waals surface area contributed by atoms with Crippen LogP contribution in [0.15, 0.2) is 60.7 Å². The van der Waals surface area contributed by atoms with E-state index in [1.807, 2.05) is 51.1 Å². The van der Waals surface area contributed by atoms with Gasteiger partial charge in [-0.2, -0.15) is 0 Å². The first kappa shape index (κ1) is 22.4. The highest BCUT2D eigenvalue weighted by atomic mass is 19.1. The first-order chi connectivity index (χ1) is 15.5. The van der Waals surface area contributed by atoms with Gasteiger partial charge in [-0.1, -0.05) is 29.8 Å². The molecule has 6 heteroatoms. The van der Waals surface area contributed by atoms with Gasteiger partial charge in [0.15, 0.2) is 5.78 Å². The molecule has 168 valence electrons. The second kappa shape index (κ2) is 8.28. The zero-order chi connectivity index (χ0) is 23.9. The van der Waals surface area contributed by atoms with Crippen LogP contribution in [-0.4, -0.2) is 17.3 Å². The number of fused-ring (bicyclic) bond motifs is 1. The van der Waals surface area contributed by atoms with E-state index in [0.29, 0.717) is 11.3 Å². The molecule has 0 bridgehead atoms. The van der Waals surface area contributed by atoms with Crippen molar-refractivity contribution in [1.82, 2.24) is 0 Å². The lowest BCUT2D eigenvalue weighted by molar-refractivity contribution is 0.100. The van der Waals surface area contributed by atoms with Gasteiger partial charge < -0.3 is 10.1 Å². The van der Waals surface area contributed by atoms with Crippen LogP contribution < -0.4 is 10.1 Å². The molecular formula is C27H23F2NO3. The Hall–Kier alpha value is -3.80. The van der Waals surface area contributed by atoms with Gasteiger partial charge in [-0.05, 0) is 75.2 Å². The molecule has 33 heavy (non-hydrogen) atoms. The minimum atomic E-state index is -1.02. The second-order valence-electron chi connectivity index (χ2n) is 8.67. The number of carbonyl (C=O) groups excluding carboxylic acids is 2. The average Bonchev–Trinajstić information content (AvgIpc) is 2.72. The molecule has 4 nitrogen and oxygen atoms in total. The van der Waals surface area contributed by atoms with E-state index in [9.17, 15) is 18.4 Å². The first-order valence-electron chi connectivity index (χ1n) is 10.5. The molecule has 4 rings (SSSR count). The molecule has 0 fully saturated rings. The molecule has 0 saturated carbocycles. The highest BCUT2D eigenvalue weighted by Gasteiger charge is 2.28. The molecular weight excluding hydrogens is 424 g/mol. The lowest BCUT2D eigenvalue weighted by Crippen LogP contribution is -2.29. The van der Waals surface area contributed by atoms with E-state index in [0.717, 1.165) is 41.3 Å². The normalized spacial score (nSPS) is 14.1. The molecule has 1 aliphatic heterocycles. The third-order valence-corrected chi connectivity index (χ3v) is 5.41. The Labute approximate surface area is 190 Å². The van der Waals surface area contributed by atoms with E-state index < -0.39 is 34.5 Å². The Morgan fingerprint density at radius 2 is 1.58 bits per heavy atom. The number of carbonyl (C=O) groups is 2. The monoisotopic (exact) mass is 447 g/mol. The largest absolute Gasteiger partial charge is 0.483 e. The van der Waals surface area contributed by atoms with Gasteiger partial charge in [0.2, 0.25) is 0 Å². The Bertz CT molecular complexity index is 1280. The van der Waals surface area contributed by atoms with Crippen LogP contribution in [0.1, 0.15) is 58.2 Å². The summed E-state index contributed by atoms with van der Waals surface area (Å²) < 4.78 is 34.4. The summed E-state index contributed by atoms with van der Waals surface area (Å²) in [7, 11) is 0. The summed E-state index contributed by atoms with van der Waals surface area (Å²) >= 11 is 0. The van der Waals surface area contributed by atoms with Gasteiger partial charge in [0, 0.05) is 16.8 Å². The zero-order valence-electron chi connectivity index (χ0n) is 18.8. The number of hydrogen-bond donors (Lipinski definition) is 1. The smallest absolute Gasteiger partial charge is 0.255 e. The molecule has 1 aliphatic rings. The number of benzene rings is 3. The standard InChI is InChI=1S/C27H23F2NO3/c1-15-5-7-17(8-6-15)21-14-27(3,4)33-24-10-9-18(11-20(21)24)26(32)30-19-12-22(28)25(16(2)31)23(29)13-19/h5-14H,1-4H3,(H,30,32). The number of ketones is 1. The highest BCUT2D eigenvalue weighted by Crippen LogP contribution is 2.40. The topological polar surface area (TPSA) is 55.4 Å². The van der Waals surface area contributed by atoms with Gasteiger partial charge >= 0.3 is 0 Å². The number of aryl methyl sites for hydroxylation is 1. The molecule has 3 aromatic carbocycles. The Morgan fingerprint density at radius 3 is 2.18 bits per heavy atom. The predicted octanol–water partition coefficient (Wildman–Crippen LogP) is 6.33. The number of halogens is 2. The van der Waals surface area contributed by atoms with Gasteiger partial charge in [0.1, 0.15) is 23.0 Å². The van der Waals surface area contributed by atoms with E-state index >= 15 is 0 Å². The molecule has 1 amide bonds. The van der Waals surface area contributed by atoms with Crippen LogP contribution in [0.4, 0.5) is 14.5 Å². The fourth-order valence-corrected chi connectivity index (χ4v) is 3.87. The fraction of sp³-hybridized carbons (Fsp3) is 0.185. The molecule has 0 atom stereocenters. The number of rotatable bonds is 4. The lowest BCUT2D eigenvalue weighted by atomic mass is 9.88. The van der Waals surface area contributed by atoms with Crippen molar-refractivity contribution < 1.29 is 23.1 Å². The quantitative estimate of drug-likeness (QED) is 0.476. The number of amides is 1. The summed E-state index contributed by atoms with van der Waals surface area (Å²) in [4.78, 5) is 24.3. The number of hydrogen-bond acceptors (Lipinski definition) is 3. The summed E-state index contributed by atoms with van der Waals surface area (Å²) in [5.74, 6) is -2.68. The fourth-order valence-electron chi connectivity index (χ4n) is 3.87. The van der Waals surface area contributed by atoms with Gasteiger partial charge in [-0.25, -0.2) is 8.78 Å². The van der Waals surface area contributed by atoms with Gasteiger partial charge in [0.05, 0.1) is 5.56 Å². The maximum absolute atomic E-state index is 14.1. The van der Waals surface area contributed by atoms with Crippen LogP contribution >= 0.6 is 0 Å². The van der Waals surface area contributed by atoms with Crippen molar-refractivity contribution in [1.29, 1.82) is 0 Å². The van der Waals surface area contributed by atoms with Crippen LogP contribution in [0.3, 0.4) is 0 Å². The van der Waals surface area contributed by atoms with Crippen molar-refractivity contribution >= 4 is 23.0 Å². The second-order valence-corrected chi connectivity index (χ2v) is 8.67. The van der Waals surface area contributed by atoms with E-state index in [-0.39, 0.29) is 5.69 Å². The Balaban J connectivity index is 1.69. The maximum atomic E-state index is 14.1. The SMILES string of the molecule is CC(=O)c1c(F)cc(NC(=O)c2ccc3c(c2)C(c2ccc(C)cc2)=CC(C)(C)O3)cc1F. The third kappa shape index (κ3) is 4.55. The minimum absolute atomic E-state index is 0.0793. The third-order valence-electron chi connectivity index (χ3n) is 5.41. The van der Waals surface area contributed by atoms with Crippen LogP contribution in [0.25, 0.3) is 5.57 Å². The molecule has 0 aromatic heterocycles. The number of nitrogens with one attached hydrogen (secondary N) is 1. The van der Waals surface area contributed by atoms with Crippen LogP contribution in [0.2, 0.25) is 0 Å². The molecule has 1 heterocycles. The average molecular weight is 447 g/mol. The molecule has 1 N–H and O–H groups in total.